The van der Waals surface area contributed by atoms with Gasteiger partial charge in [0, 0.05) is 16.9 Å². The van der Waals surface area contributed by atoms with E-state index in [9.17, 15) is 13.2 Å². The van der Waals surface area contributed by atoms with E-state index in [4.69, 9.17) is 5.84 Å². The maximum absolute atomic E-state index is 12.1. The van der Waals surface area contributed by atoms with Crippen molar-refractivity contribution in [3.05, 3.63) is 33.8 Å². The highest BCUT2D eigenvalue weighted by Gasteiger charge is 2.26. The highest BCUT2D eigenvalue weighted by Crippen LogP contribution is 2.28. The van der Waals surface area contributed by atoms with Gasteiger partial charge in [0.1, 0.15) is 0 Å². The Morgan fingerprint density at radius 1 is 1.39 bits per heavy atom. The molecule has 0 bridgehead atoms. The molecule has 0 heterocycles. The summed E-state index contributed by atoms with van der Waals surface area (Å²) < 4.78 is 37.1. The zero-order chi connectivity index (χ0) is 13.8. The normalized spacial score (nSPS) is 13.7. The van der Waals surface area contributed by atoms with Gasteiger partial charge < -0.3 is 0 Å². The molecule has 2 nitrogen and oxygen atoms in total. The van der Waals surface area contributed by atoms with Crippen LogP contribution in [0, 0.1) is 6.92 Å². The van der Waals surface area contributed by atoms with Crippen LogP contribution in [0.4, 0.5) is 13.2 Å². The quantitative estimate of drug-likeness (QED) is 0.634. The maximum Gasteiger partial charge on any atom is 0.389 e. The van der Waals surface area contributed by atoms with E-state index in [1.807, 2.05) is 25.1 Å². The first-order valence-electron chi connectivity index (χ1n) is 5.62. The Bertz CT molecular complexity index is 393. The Morgan fingerprint density at radius 2 is 2.06 bits per heavy atom. The van der Waals surface area contributed by atoms with E-state index in [2.05, 4.69) is 21.4 Å². The van der Waals surface area contributed by atoms with Gasteiger partial charge in [-0.2, -0.15) is 13.2 Å². The Morgan fingerprint density at radius 3 is 2.56 bits per heavy atom. The van der Waals surface area contributed by atoms with Gasteiger partial charge in [-0.25, -0.2) is 0 Å². The van der Waals surface area contributed by atoms with Crippen LogP contribution < -0.4 is 11.3 Å². The molecule has 0 saturated carbocycles. The van der Waals surface area contributed by atoms with Crippen molar-refractivity contribution >= 4 is 15.9 Å². The number of hydrogen-bond acceptors (Lipinski definition) is 2. The number of hydrazine groups is 1. The molecular weight excluding hydrogens is 309 g/mol. The van der Waals surface area contributed by atoms with Gasteiger partial charge in [-0.3, -0.25) is 11.3 Å². The van der Waals surface area contributed by atoms with Gasteiger partial charge in [-0.15, -0.1) is 0 Å². The van der Waals surface area contributed by atoms with Crippen molar-refractivity contribution in [1.29, 1.82) is 0 Å². The average Bonchev–Trinajstić information content (AvgIpc) is 2.27. The van der Waals surface area contributed by atoms with Crippen molar-refractivity contribution in [3.8, 4) is 0 Å². The van der Waals surface area contributed by atoms with E-state index in [0.29, 0.717) is 6.42 Å². The van der Waals surface area contributed by atoms with Gasteiger partial charge in [-0.05, 0) is 37.0 Å². The van der Waals surface area contributed by atoms with Crippen molar-refractivity contribution in [2.24, 2.45) is 5.84 Å². The number of benzene rings is 1. The molecule has 0 aliphatic heterocycles. The molecule has 1 aromatic carbocycles. The molecule has 0 amide bonds. The molecule has 3 N–H and O–H groups in total. The summed E-state index contributed by atoms with van der Waals surface area (Å²) in [4.78, 5) is 0. The van der Waals surface area contributed by atoms with Gasteiger partial charge >= 0.3 is 6.18 Å². The fourth-order valence-corrected chi connectivity index (χ4v) is 2.08. The molecule has 0 spiro atoms. The Balaban J connectivity index is 2.63. The van der Waals surface area contributed by atoms with Crippen LogP contribution in [0.15, 0.2) is 22.7 Å². The molecule has 0 aromatic heterocycles. The van der Waals surface area contributed by atoms with Crippen molar-refractivity contribution in [1.82, 2.24) is 5.43 Å². The largest absolute Gasteiger partial charge is 0.389 e. The van der Waals surface area contributed by atoms with Crippen LogP contribution in [-0.4, -0.2) is 6.18 Å². The predicted molar refractivity (Wildman–Crippen MR) is 68.8 cm³/mol. The maximum atomic E-state index is 12.1. The Labute approximate surface area is 113 Å². The van der Waals surface area contributed by atoms with Gasteiger partial charge in [0.15, 0.2) is 0 Å². The average molecular weight is 325 g/mol. The van der Waals surface area contributed by atoms with Crippen molar-refractivity contribution in [2.45, 2.75) is 38.4 Å². The number of nitrogens with one attached hydrogen (secondary N) is 1. The standard InChI is InChI=1S/C12H16BrF3N2/c1-8-4-5-9(7-10(8)13)11(18-17)3-2-6-12(14,15)16/h4-5,7,11,18H,2-3,6,17H2,1H3. The fourth-order valence-electron chi connectivity index (χ4n) is 1.68. The molecule has 0 radical (unpaired) electrons. The number of hydrogen-bond donors (Lipinski definition) is 2. The van der Waals surface area contributed by atoms with E-state index in [-0.39, 0.29) is 12.5 Å². The number of halogens is 4. The van der Waals surface area contributed by atoms with Gasteiger partial charge in [0.2, 0.25) is 0 Å². The first-order chi connectivity index (χ1) is 8.33. The molecular formula is C12H16BrF3N2. The third kappa shape index (κ3) is 4.96. The summed E-state index contributed by atoms with van der Waals surface area (Å²) in [7, 11) is 0. The van der Waals surface area contributed by atoms with Gasteiger partial charge in [0.25, 0.3) is 0 Å². The Hall–Kier alpha value is -0.590. The summed E-state index contributed by atoms with van der Waals surface area (Å²) in [5.41, 5.74) is 4.52. The minimum Gasteiger partial charge on any atom is -0.271 e. The van der Waals surface area contributed by atoms with Gasteiger partial charge in [-0.1, -0.05) is 28.1 Å². The lowest BCUT2D eigenvalue weighted by molar-refractivity contribution is -0.135. The zero-order valence-electron chi connectivity index (χ0n) is 10.0. The van der Waals surface area contributed by atoms with Crippen LogP contribution in [0.1, 0.15) is 36.4 Å². The first kappa shape index (κ1) is 15.5. The lowest BCUT2D eigenvalue weighted by Gasteiger charge is -2.17. The molecule has 6 heteroatoms. The zero-order valence-corrected chi connectivity index (χ0v) is 11.6. The van der Waals surface area contributed by atoms with E-state index in [1.54, 1.807) is 0 Å². The van der Waals surface area contributed by atoms with Crippen molar-refractivity contribution < 1.29 is 13.2 Å². The summed E-state index contributed by atoms with van der Waals surface area (Å²) in [6, 6.07) is 5.41. The predicted octanol–water partition coefficient (Wildman–Crippen LogP) is 3.99. The monoisotopic (exact) mass is 324 g/mol. The SMILES string of the molecule is Cc1ccc(C(CCCC(F)(F)F)NN)cc1Br. The minimum absolute atomic E-state index is 0.0594. The van der Waals surface area contributed by atoms with E-state index >= 15 is 0 Å². The molecule has 1 unspecified atom stereocenters. The van der Waals surface area contributed by atoms with Crippen LogP contribution >= 0.6 is 15.9 Å². The summed E-state index contributed by atoms with van der Waals surface area (Å²) in [6.07, 6.45) is -4.47. The summed E-state index contributed by atoms with van der Waals surface area (Å²) >= 11 is 3.39. The number of aryl methyl sites for hydroxylation is 1. The third-order valence-corrected chi connectivity index (χ3v) is 3.61. The first-order valence-corrected chi connectivity index (χ1v) is 6.41. The van der Waals surface area contributed by atoms with Crippen molar-refractivity contribution in [2.75, 3.05) is 0 Å². The fraction of sp³-hybridized carbons (Fsp3) is 0.500. The molecule has 0 aliphatic rings. The third-order valence-electron chi connectivity index (χ3n) is 2.75. The smallest absolute Gasteiger partial charge is 0.271 e. The second-order valence-electron chi connectivity index (χ2n) is 4.24. The summed E-state index contributed by atoms with van der Waals surface area (Å²) in [6.45, 7) is 1.95. The Kier molecular flexibility index (Phi) is 5.62. The van der Waals surface area contributed by atoms with E-state index in [0.717, 1.165) is 15.6 Å². The van der Waals surface area contributed by atoms with Crippen LogP contribution in [0.25, 0.3) is 0 Å². The lowest BCUT2D eigenvalue weighted by Crippen LogP contribution is -2.28. The second-order valence-corrected chi connectivity index (χ2v) is 5.09. The highest BCUT2D eigenvalue weighted by molar-refractivity contribution is 9.10. The summed E-state index contributed by atoms with van der Waals surface area (Å²) in [5, 5.41) is 0. The van der Waals surface area contributed by atoms with Crippen LogP contribution in [-0.2, 0) is 0 Å². The molecule has 0 aliphatic carbocycles. The number of alkyl halides is 3. The minimum atomic E-state index is -4.10. The molecule has 1 aromatic rings. The number of rotatable bonds is 5. The molecule has 0 fully saturated rings. The molecule has 1 atom stereocenters. The van der Waals surface area contributed by atoms with E-state index in [1.165, 1.54) is 0 Å². The van der Waals surface area contributed by atoms with Crippen LogP contribution in [0.5, 0.6) is 0 Å². The van der Waals surface area contributed by atoms with E-state index < -0.39 is 12.6 Å². The molecule has 0 saturated heterocycles. The topological polar surface area (TPSA) is 38.0 Å². The summed E-state index contributed by atoms with van der Waals surface area (Å²) in [5.74, 6) is 5.40. The molecule has 102 valence electrons. The highest BCUT2D eigenvalue weighted by atomic mass is 79.9. The lowest BCUT2D eigenvalue weighted by atomic mass is 10.0. The molecule has 18 heavy (non-hydrogen) atoms. The number of nitrogens with two attached hydrogens (primary N) is 1. The molecule has 1 rings (SSSR count). The van der Waals surface area contributed by atoms with Crippen LogP contribution in [0.3, 0.4) is 0 Å². The second kappa shape index (κ2) is 6.54. The van der Waals surface area contributed by atoms with Gasteiger partial charge in [0.05, 0.1) is 0 Å². The van der Waals surface area contributed by atoms with Crippen molar-refractivity contribution in [3.63, 3.8) is 0 Å². The van der Waals surface area contributed by atoms with Crippen LogP contribution in [0.2, 0.25) is 0 Å².